The van der Waals surface area contributed by atoms with Gasteiger partial charge in [0.1, 0.15) is 11.6 Å². The SMILES string of the molecule is CNc1nc(CCCC2CCC(C(=O)NCc3ccccc3OC(F)(F)F)CC2)nc(-c2ccc(S(C)(=O)=O)cc2)n1. The third-order valence-corrected chi connectivity index (χ3v) is 8.46. The Hall–Kier alpha value is -3.74. The topological polar surface area (TPSA) is 123 Å². The van der Waals surface area contributed by atoms with Gasteiger partial charge >= 0.3 is 6.36 Å². The highest BCUT2D eigenvalue weighted by Gasteiger charge is 2.32. The molecule has 13 heteroatoms. The van der Waals surface area contributed by atoms with Gasteiger partial charge in [-0.2, -0.15) is 9.97 Å². The van der Waals surface area contributed by atoms with Crippen molar-refractivity contribution in [1.29, 1.82) is 0 Å². The highest BCUT2D eigenvalue weighted by atomic mass is 32.2. The number of aryl methyl sites for hydroxylation is 1. The Morgan fingerprint density at radius 3 is 2.33 bits per heavy atom. The van der Waals surface area contributed by atoms with Crippen LogP contribution in [0.1, 0.15) is 49.9 Å². The number of carbonyl (C=O) groups is 1. The molecule has 2 aromatic carbocycles. The number of sulfone groups is 1. The number of aromatic nitrogens is 3. The molecule has 1 fully saturated rings. The van der Waals surface area contributed by atoms with Crippen molar-refractivity contribution in [3.63, 3.8) is 0 Å². The first-order chi connectivity index (χ1) is 19.9. The molecule has 1 amide bonds. The van der Waals surface area contributed by atoms with Crippen LogP contribution in [0.5, 0.6) is 5.75 Å². The third kappa shape index (κ3) is 8.88. The summed E-state index contributed by atoms with van der Waals surface area (Å²) in [6.45, 7) is -0.0324. The van der Waals surface area contributed by atoms with Crippen molar-refractivity contribution >= 4 is 21.7 Å². The first kappa shape index (κ1) is 31.2. The minimum absolute atomic E-state index is 0.0324. The fraction of sp³-hybridized carbons (Fsp3) is 0.448. The van der Waals surface area contributed by atoms with Gasteiger partial charge in [0, 0.05) is 43.3 Å². The number of carbonyl (C=O) groups excluding carboxylic acids is 1. The molecule has 0 atom stereocenters. The number of hydrogen-bond acceptors (Lipinski definition) is 8. The molecule has 1 aliphatic rings. The molecule has 0 bridgehead atoms. The predicted octanol–water partition coefficient (Wildman–Crippen LogP) is 5.33. The van der Waals surface area contributed by atoms with Crippen molar-refractivity contribution in [3.8, 4) is 17.1 Å². The summed E-state index contributed by atoms with van der Waals surface area (Å²) in [5.74, 6) is 1.35. The second-order valence-corrected chi connectivity index (χ2v) is 12.4. The Labute approximate surface area is 243 Å². The molecule has 2 N–H and O–H groups in total. The number of ether oxygens (including phenoxy) is 1. The molecule has 0 radical (unpaired) electrons. The van der Waals surface area contributed by atoms with E-state index in [-0.39, 0.29) is 34.6 Å². The normalized spacial score (nSPS) is 17.5. The molecular weight excluding hydrogens is 571 g/mol. The van der Waals surface area contributed by atoms with Crippen molar-refractivity contribution in [2.24, 2.45) is 11.8 Å². The van der Waals surface area contributed by atoms with Gasteiger partial charge in [0.2, 0.25) is 11.9 Å². The summed E-state index contributed by atoms with van der Waals surface area (Å²) in [5.41, 5.74) is 0.959. The van der Waals surface area contributed by atoms with Crippen LogP contribution in [-0.2, 0) is 27.6 Å². The summed E-state index contributed by atoms with van der Waals surface area (Å²) in [7, 11) is -1.58. The van der Waals surface area contributed by atoms with Crippen molar-refractivity contribution in [3.05, 3.63) is 59.9 Å². The fourth-order valence-electron chi connectivity index (χ4n) is 5.09. The fourth-order valence-corrected chi connectivity index (χ4v) is 5.72. The van der Waals surface area contributed by atoms with Gasteiger partial charge in [-0.25, -0.2) is 13.4 Å². The number of benzene rings is 2. The van der Waals surface area contributed by atoms with Gasteiger partial charge in [-0.1, -0.05) is 24.6 Å². The lowest BCUT2D eigenvalue weighted by Gasteiger charge is -2.28. The van der Waals surface area contributed by atoms with Crippen LogP contribution in [0.2, 0.25) is 0 Å². The van der Waals surface area contributed by atoms with Crippen LogP contribution in [-0.4, -0.2) is 48.9 Å². The number of alkyl halides is 3. The highest BCUT2D eigenvalue weighted by Crippen LogP contribution is 2.32. The lowest BCUT2D eigenvalue weighted by atomic mass is 9.79. The molecule has 42 heavy (non-hydrogen) atoms. The summed E-state index contributed by atoms with van der Waals surface area (Å²) >= 11 is 0. The Morgan fingerprint density at radius 2 is 1.69 bits per heavy atom. The van der Waals surface area contributed by atoms with Crippen molar-refractivity contribution in [2.45, 2.75) is 62.7 Å². The number of amides is 1. The Kier molecular flexibility index (Phi) is 10.0. The van der Waals surface area contributed by atoms with Crippen LogP contribution >= 0.6 is 0 Å². The van der Waals surface area contributed by atoms with E-state index in [1.807, 2.05) is 0 Å². The zero-order chi connectivity index (χ0) is 30.3. The van der Waals surface area contributed by atoms with E-state index in [0.29, 0.717) is 35.5 Å². The number of rotatable bonds is 11. The molecule has 226 valence electrons. The molecule has 1 saturated carbocycles. The molecule has 0 unspecified atom stereocenters. The van der Waals surface area contributed by atoms with Gasteiger partial charge in [-0.05, 0) is 68.4 Å². The summed E-state index contributed by atoms with van der Waals surface area (Å²) in [5, 5.41) is 5.72. The number of anilines is 1. The Bertz CT molecular complexity index is 1480. The minimum atomic E-state index is -4.80. The highest BCUT2D eigenvalue weighted by molar-refractivity contribution is 7.90. The predicted molar refractivity (Wildman–Crippen MR) is 151 cm³/mol. The smallest absolute Gasteiger partial charge is 0.405 e. The molecule has 0 spiro atoms. The van der Waals surface area contributed by atoms with E-state index in [9.17, 15) is 26.4 Å². The average molecular weight is 606 g/mol. The van der Waals surface area contributed by atoms with Gasteiger partial charge in [-0.15, -0.1) is 13.2 Å². The van der Waals surface area contributed by atoms with E-state index < -0.39 is 16.2 Å². The average Bonchev–Trinajstić information content (AvgIpc) is 2.95. The first-order valence-corrected chi connectivity index (χ1v) is 15.6. The van der Waals surface area contributed by atoms with Crippen LogP contribution < -0.4 is 15.4 Å². The molecule has 1 aromatic heterocycles. The maximum absolute atomic E-state index is 12.7. The number of halogens is 3. The molecule has 0 aliphatic heterocycles. The molecular formula is C29H34F3N5O4S. The second-order valence-electron chi connectivity index (χ2n) is 10.4. The molecule has 0 saturated heterocycles. The lowest BCUT2D eigenvalue weighted by molar-refractivity contribution is -0.274. The van der Waals surface area contributed by atoms with Crippen LogP contribution in [0, 0.1) is 11.8 Å². The van der Waals surface area contributed by atoms with Crippen molar-refractivity contribution in [2.75, 3.05) is 18.6 Å². The lowest BCUT2D eigenvalue weighted by Crippen LogP contribution is -2.33. The summed E-state index contributed by atoms with van der Waals surface area (Å²) in [6, 6.07) is 12.2. The van der Waals surface area contributed by atoms with E-state index in [1.54, 1.807) is 25.2 Å². The van der Waals surface area contributed by atoms with Gasteiger partial charge < -0.3 is 15.4 Å². The van der Waals surface area contributed by atoms with Gasteiger partial charge in [0.15, 0.2) is 15.7 Å². The number of nitrogens with one attached hydrogen (secondary N) is 2. The maximum atomic E-state index is 12.7. The zero-order valence-corrected chi connectivity index (χ0v) is 24.3. The number of para-hydroxylation sites is 1. The minimum Gasteiger partial charge on any atom is -0.405 e. The quantitative estimate of drug-likeness (QED) is 0.301. The molecule has 1 aliphatic carbocycles. The van der Waals surface area contributed by atoms with E-state index in [2.05, 4.69) is 30.3 Å². The number of nitrogens with zero attached hydrogens (tertiary/aromatic N) is 3. The third-order valence-electron chi connectivity index (χ3n) is 7.33. The molecule has 3 aromatic rings. The maximum Gasteiger partial charge on any atom is 0.573 e. The van der Waals surface area contributed by atoms with Crippen LogP contribution in [0.3, 0.4) is 0 Å². The van der Waals surface area contributed by atoms with E-state index in [0.717, 1.165) is 44.8 Å². The van der Waals surface area contributed by atoms with Crippen molar-refractivity contribution < 1.29 is 31.1 Å². The van der Waals surface area contributed by atoms with Crippen LogP contribution in [0.4, 0.5) is 19.1 Å². The monoisotopic (exact) mass is 605 g/mol. The van der Waals surface area contributed by atoms with E-state index in [1.165, 1.54) is 30.3 Å². The largest absolute Gasteiger partial charge is 0.573 e. The first-order valence-electron chi connectivity index (χ1n) is 13.8. The summed E-state index contributed by atoms with van der Waals surface area (Å²) in [4.78, 5) is 26.4. The van der Waals surface area contributed by atoms with Gasteiger partial charge in [0.05, 0.1) is 4.90 Å². The van der Waals surface area contributed by atoms with E-state index in [4.69, 9.17) is 0 Å². The van der Waals surface area contributed by atoms with E-state index >= 15 is 0 Å². The molecule has 4 rings (SSSR count). The molecule has 1 heterocycles. The standard InChI is InChI=1S/C29H34F3N5O4S/c1-33-28-36-25(35-26(37-28)20-14-16-23(17-15-20)42(2,39)40)9-5-6-19-10-12-21(13-11-19)27(38)34-18-22-7-3-4-8-24(22)41-29(30,31)32/h3-4,7-8,14-17,19,21H,5-6,9-13,18H2,1-2H3,(H,34,38)(H,33,35,36,37). The molecule has 9 nitrogen and oxygen atoms in total. The Morgan fingerprint density at radius 1 is 1.00 bits per heavy atom. The Balaban J connectivity index is 1.25. The van der Waals surface area contributed by atoms with Gasteiger partial charge in [0.25, 0.3) is 0 Å². The summed E-state index contributed by atoms with van der Waals surface area (Å²) < 4.78 is 65.6. The summed E-state index contributed by atoms with van der Waals surface area (Å²) in [6.07, 6.45) is 2.04. The van der Waals surface area contributed by atoms with Gasteiger partial charge in [-0.3, -0.25) is 4.79 Å². The van der Waals surface area contributed by atoms with Crippen molar-refractivity contribution in [1.82, 2.24) is 20.3 Å². The number of hydrogen-bond donors (Lipinski definition) is 2. The zero-order valence-electron chi connectivity index (χ0n) is 23.4. The second kappa shape index (κ2) is 13.5. The van der Waals surface area contributed by atoms with Crippen LogP contribution in [0.15, 0.2) is 53.4 Å². The van der Waals surface area contributed by atoms with Crippen LogP contribution in [0.25, 0.3) is 11.4 Å².